The van der Waals surface area contributed by atoms with E-state index in [4.69, 9.17) is 30.0 Å². The minimum absolute atomic E-state index is 0.0400. The molecule has 0 radical (unpaired) electrons. The number of terminal acetylenes is 1. The third kappa shape index (κ3) is 8.08. The fraction of sp³-hybridized carbons (Fsp3) is 0.522. The van der Waals surface area contributed by atoms with Crippen molar-refractivity contribution in [3.8, 4) is 35.4 Å². The van der Waals surface area contributed by atoms with Crippen molar-refractivity contribution >= 4 is 27.5 Å². The van der Waals surface area contributed by atoms with Gasteiger partial charge in [0.05, 0.1) is 35.3 Å². The first-order valence-electron chi connectivity index (χ1n) is 22.2. The van der Waals surface area contributed by atoms with E-state index < -0.39 is 59.8 Å². The molecule has 0 aliphatic carbocycles. The van der Waals surface area contributed by atoms with Crippen molar-refractivity contribution in [1.29, 1.82) is 0 Å². The summed E-state index contributed by atoms with van der Waals surface area (Å²) in [5, 5.41) is 11.4. The van der Waals surface area contributed by atoms with Crippen molar-refractivity contribution in [3.05, 3.63) is 69.3 Å². The van der Waals surface area contributed by atoms with Crippen LogP contribution in [-0.2, 0) is 17.7 Å². The average molecular weight is 985 g/mol. The zero-order valence-corrected chi connectivity index (χ0v) is 36.8. The number of aromatic hydroxyl groups is 1. The Morgan fingerprint density at radius 2 is 1.67 bits per heavy atom. The molecule has 370 valence electrons. The highest BCUT2D eigenvalue weighted by atomic mass is 19.4. The number of pyridine rings is 1. The zero-order valence-electron chi connectivity index (χ0n) is 36.8. The van der Waals surface area contributed by atoms with E-state index >= 15 is 8.78 Å². The topological polar surface area (TPSA) is 130 Å². The van der Waals surface area contributed by atoms with Gasteiger partial charge >= 0.3 is 36.0 Å². The monoisotopic (exact) mass is 984 g/mol. The number of benzene rings is 2. The smallest absolute Gasteiger partial charge is 0.508 e. The van der Waals surface area contributed by atoms with Gasteiger partial charge in [0.1, 0.15) is 41.0 Å². The maximum absolute atomic E-state index is 17.7. The van der Waals surface area contributed by atoms with Crippen LogP contribution in [0.15, 0.2) is 37.9 Å². The lowest BCUT2D eigenvalue weighted by Crippen LogP contribution is -2.68. The van der Waals surface area contributed by atoms with E-state index in [2.05, 4.69) is 20.5 Å². The van der Waals surface area contributed by atoms with Gasteiger partial charge in [0.25, 0.3) is 0 Å². The Morgan fingerprint density at radius 3 is 2.33 bits per heavy atom. The van der Waals surface area contributed by atoms with E-state index in [0.717, 1.165) is 6.07 Å². The van der Waals surface area contributed by atoms with Gasteiger partial charge in [-0.05, 0) is 88.4 Å². The summed E-state index contributed by atoms with van der Waals surface area (Å²) in [7, 11) is 0. The molecule has 1 N–H and O–H groups in total. The van der Waals surface area contributed by atoms with E-state index in [0.29, 0.717) is 56.0 Å². The van der Waals surface area contributed by atoms with Crippen LogP contribution in [0.1, 0.15) is 74.6 Å². The fourth-order valence-electron chi connectivity index (χ4n) is 10.8. The summed E-state index contributed by atoms with van der Waals surface area (Å²) in [6.45, 7) is 2.73. The highest BCUT2D eigenvalue weighted by Crippen LogP contribution is 2.56. The number of hydrogen-bond donors (Lipinski definition) is 1. The lowest BCUT2D eigenvalue weighted by Gasteiger charge is -2.47. The minimum atomic E-state index is -6.89. The maximum Gasteiger partial charge on any atom is 0.519 e. The number of fused-ring (bicyclic) bond motifs is 4. The van der Waals surface area contributed by atoms with Crippen molar-refractivity contribution in [3.63, 3.8) is 0 Å². The Balaban J connectivity index is 1.12. The second-order valence-corrected chi connectivity index (χ2v) is 18.0. The third-order valence-electron chi connectivity index (χ3n) is 14.2. The lowest BCUT2D eigenvalue weighted by atomic mass is 9.93. The van der Waals surface area contributed by atoms with E-state index in [1.54, 1.807) is 6.92 Å². The number of aromatic nitrogens is 3. The standard InChI is InChI=1S/C46H43F11N6O6/c1-4-25-19-62-26(18-61(25)20-33-23(3)68-41(65)69-33)8-6-9-32-35-38(36(48)37(58-32)30-17-28(64)16-24-10-11-31(47)29(5-2)34(24)30)59-40(60-39(35)62)66-22-42-13-7-15-63(42)27(12-14-42)21-67-43(44(49,50)51,45(52,53)54)46(55,56)57/h2,10-11,16-17,25-27,64H,4,6-9,12-15,18-22H2,1,3H3/t25?,26-,27+,42?/m1/s1. The van der Waals surface area contributed by atoms with Crippen LogP contribution in [-0.4, -0.2) is 111 Å². The SMILES string of the molecule is C#Cc1c(F)ccc2cc(O)cc(-c3nc4c5c(nc(OCC67CCCN6[C@H](COC(C(F)(F)F)(C(F)(F)F)C(F)(F)F)CC7)nc5c3F)N3CC(CC)N(Cc5oc(=O)oc5C)C[C@H]3CCC4)c12. The van der Waals surface area contributed by atoms with Crippen LogP contribution < -0.4 is 15.5 Å². The van der Waals surface area contributed by atoms with Gasteiger partial charge in [-0.25, -0.2) is 18.6 Å². The molecular formula is C46H43F11N6O6. The summed E-state index contributed by atoms with van der Waals surface area (Å²) < 4.78 is 178. The van der Waals surface area contributed by atoms with Crippen molar-refractivity contribution in [2.75, 3.05) is 37.7 Å². The number of phenols is 1. The molecule has 3 saturated heterocycles. The molecule has 7 heterocycles. The van der Waals surface area contributed by atoms with E-state index in [1.807, 2.05) is 11.8 Å². The predicted octanol–water partition coefficient (Wildman–Crippen LogP) is 9.29. The molecule has 0 saturated carbocycles. The van der Waals surface area contributed by atoms with Gasteiger partial charge < -0.3 is 28.3 Å². The summed E-state index contributed by atoms with van der Waals surface area (Å²) >= 11 is 0. The first-order valence-corrected chi connectivity index (χ1v) is 22.2. The largest absolute Gasteiger partial charge is 0.519 e. The molecule has 4 aliphatic heterocycles. The number of rotatable bonds is 10. The number of phenolic OH excluding ortho intramolecular Hbond substituents is 1. The average Bonchev–Trinajstić information content (AvgIpc) is 3.93. The molecule has 0 amide bonds. The van der Waals surface area contributed by atoms with Crippen LogP contribution >= 0.6 is 0 Å². The van der Waals surface area contributed by atoms with Crippen LogP contribution in [0.3, 0.4) is 0 Å². The van der Waals surface area contributed by atoms with Crippen LogP contribution in [0.25, 0.3) is 32.9 Å². The summed E-state index contributed by atoms with van der Waals surface area (Å²) in [6.07, 6.45) is -12.4. The Morgan fingerprint density at radius 1 is 0.928 bits per heavy atom. The van der Waals surface area contributed by atoms with Gasteiger partial charge in [-0.1, -0.05) is 18.9 Å². The number of hydrogen-bond acceptors (Lipinski definition) is 12. The molecule has 9 rings (SSSR count). The third-order valence-corrected chi connectivity index (χ3v) is 14.2. The number of alkyl halides is 9. The van der Waals surface area contributed by atoms with Crippen LogP contribution in [0, 0.1) is 30.9 Å². The van der Waals surface area contributed by atoms with Crippen LogP contribution in [0.5, 0.6) is 11.8 Å². The summed E-state index contributed by atoms with van der Waals surface area (Å²) in [5.74, 6) is 0.286. The molecule has 2 aromatic carbocycles. The van der Waals surface area contributed by atoms with Crippen molar-refractivity contribution in [2.24, 2.45) is 0 Å². The number of halogens is 11. The quantitative estimate of drug-likeness (QED) is 0.106. The highest BCUT2D eigenvalue weighted by Gasteiger charge is 2.85. The van der Waals surface area contributed by atoms with Gasteiger partial charge in [-0.3, -0.25) is 9.80 Å². The van der Waals surface area contributed by atoms with Crippen molar-refractivity contribution in [2.45, 2.75) is 120 Å². The van der Waals surface area contributed by atoms with Gasteiger partial charge in [-0.15, -0.1) is 6.42 Å². The van der Waals surface area contributed by atoms with Gasteiger partial charge in [-0.2, -0.15) is 49.5 Å². The van der Waals surface area contributed by atoms with E-state index in [1.165, 1.54) is 23.1 Å². The van der Waals surface area contributed by atoms with Crippen molar-refractivity contribution in [1.82, 2.24) is 24.8 Å². The van der Waals surface area contributed by atoms with Crippen molar-refractivity contribution < 1.29 is 71.7 Å². The molecule has 0 spiro atoms. The molecule has 2 unspecified atom stereocenters. The Kier molecular flexibility index (Phi) is 12.1. The van der Waals surface area contributed by atoms with Gasteiger partial charge in [0.2, 0.25) is 0 Å². The zero-order chi connectivity index (χ0) is 49.6. The molecule has 4 atom stereocenters. The molecule has 0 bridgehead atoms. The number of aryl methyl sites for hydroxylation is 2. The normalized spacial score (nSPS) is 22.7. The molecule has 3 fully saturated rings. The molecule has 23 heteroatoms. The molecule has 69 heavy (non-hydrogen) atoms. The predicted molar refractivity (Wildman–Crippen MR) is 224 cm³/mol. The molecule has 4 aliphatic rings. The Bertz CT molecular complexity index is 2880. The summed E-state index contributed by atoms with van der Waals surface area (Å²) in [5.41, 5.74) is -8.06. The summed E-state index contributed by atoms with van der Waals surface area (Å²) in [4.78, 5) is 31.8. The maximum atomic E-state index is 17.7. The van der Waals surface area contributed by atoms with E-state index in [9.17, 15) is 49.4 Å². The van der Waals surface area contributed by atoms with E-state index in [-0.39, 0.29) is 114 Å². The fourth-order valence-corrected chi connectivity index (χ4v) is 10.8. The second kappa shape index (κ2) is 17.3. The van der Waals surface area contributed by atoms with Crippen LogP contribution in [0.2, 0.25) is 0 Å². The Labute approximate surface area is 385 Å². The minimum Gasteiger partial charge on any atom is -0.508 e. The van der Waals surface area contributed by atoms with Crippen LogP contribution in [0.4, 0.5) is 54.1 Å². The van der Waals surface area contributed by atoms with Gasteiger partial charge in [0.15, 0.2) is 11.6 Å². The number of ether oxygens (including phenoxy) is 2. The van der Waals surface area contributed by atoms with Gasteiger partial charge in [0, 0.05) is 42.2 Å². The summed E-state index contributed by atoms with van der Waals surface area (Å²) in [6, 6.07) is 2.86. The highest BCUT2D eigenvalue weighted by molar-refractivity contribution is 6.03. The number of piperazine rings is 1. The Hall–Kier alpha value is -5.73. The first-order chi connectivity index (χ1) is 32.5. The second-order valence-electron chi connectivity index (χ2n) is 18.0. The lowest BCUT2D eigenvalue weighted by molar-refractivity contribution is -0.458. The molecule has 5 aromatic rings. The molecule has 12 nitrogen and oxygen atoms in total. The molecule has 3 aromatic heterocycles. The number of nitrogens with zero attached hydrogens (tertiary/aromatic N) is 6. The number of anilines is 1. The first kappa shape index (κ1) is 48.3. The molecular weight excluding hydrogens is 942 g/mol.